The summed E-state index contributed by atoms with van der Waals surface area (Å²) in [6, 6.07) is 0. The minimum atomic E-state index is 0.637. The minimum Gasteiger partial charge on any atom is -0.379 e. The van der Waals surface area contributed by atoms with E-state index in [1.54, 1.807) is 0 Å². The first-order valence-corrected chi connectivity index (χ1v) is 8.65. The molecular formula is C15H28N4OS. The van der Waals surface area contributed by atoms with Crippen molar-refractivity contribution in [2.24, 2.45) is 5.10 Å². The van der Waals surface area contributed by atoms with Gasteiger partial charge >= 0.3 is 0 Å². The molecule has 2 fully saturated rings. The molecule has 0 aromatic rings. The Morgan fingerprint density at radius 2 is 1.76 bits per heavy atom. The van der Waals surface area contributed by atoms with Crippen molar-refractivity contribution < 1.29 is 4.74 Å². The van der Waals surface area contributed by atoms with Gasteiger partial charge in [-0.3, -0.25) is 10.3 Å². The molecule has 0 amide bonds. The lowest BCUT2D eigenvalue weighted by Crippen LogP contribution is -2.43. The number of hydrogen-bond acceptors (Lipinski definition) is 4. The van der Waals surface area contributed by atoms with E-state index in [0.29, 0.717) is 5.11 Å². The molecule has 0 aromatic heterocycles. The van der Waals surface area contributed by atoms with E-state index in [0.717, 1.165) is 52.2 Å². The van der Waals surface area contributed by atoms with Crippen LogP contribution in [0, 0.1) is 0 Å². The second kappa shape index (κ2) is 10.1. The van der Waals surface area contributed by atoms with Gasteiger partial charge in [-0.25, -0.2) is 0 Å². The number of hydrogen-bond donors (Lipinski definition) is 2. The summed E-state index contributed by atoms with van der Waals surface area (Å²) >= 11 is 5.28. The van der Waals surface area contributed by atoms with E-state index in [1.165, 1.54) is 37.8 Å². The Labute approximate surface area is 133 Å². The number of nitrogens with one attached hydrogen (secondary N) is 2. The molecule has 0 aromatic carbocycles. The molecule has 5 nitrogen and oxygen atoms in total. The molecule has 0 radical (unpaired) electrons. The zero-order chi connectivity index (χ0) is 14.8. The van der Waals surface area contributed by atoms with E-state index in [2.05, 4.69) is 20.7 Å². The van der Waals surface area contributed by atoms with Gasteiger partial charge in [0.05, 0.1) is 13.2 Å². The van der Waals surface area contributed by atoms with Gasteiger partial charge in [0.1, 0.15) is 0 Å². The highest BCUT2D eigenvalue weighted by Crippen LogP contribution is 2.14. The number of hydrazone groups is 1. The van der Waals surface area contributed by atoms with E-state index >= 15 is 0 Å². The normalized spacial score (nSPS) is 21.2. The Balaban J connectivity index is 1.59. The average molecular weight is 312 g/mol. The topological polar surface area (TPSA) is 48.9 Å². The number of ether oxygens (including phenoxy) is 1. The third-order valence-corrected chi connectivity index (χ3v) is 4.30. The molecule has 1 saturated carbocycles. The summed E-state index contributed by atoms with van der Waals surface area (Å²) in [7, 11) is 0. The Hall–Kier alpha value is -0.720. The highest BCUT2D eigenvalue weighted by atomic mass is 32.1. The second-order valence-corrected chi connectivity index (χ2v) is 6.18. The van der Waals surface area contributed by atoms with E-state index in [1.807, 2.05) is 0 Å². The van der Waals surface area contributed by atoms with Crippen molar-refractivity contribution in [2.75, 3.05) is 39.4 Å². The van der Waals surface area contributed by atoms with Crippen LogP contribution < -0.4 is 10.7 Å². The van der Waals surface area contributed by atoms with Crippen LogP contribution in [-0.4, -0.2) is 55.1 Å². The summed E-state index contributed by atoms with van der Waals surface area (Å²) < 4.78 is 5.33. The summed E-state index contributed by atoms with van der Waals surface area (Å²) in [5.74, 6) is 0. The van der Waals surface area contributed by atoms with Crippen LogP contribution in [0.15, 0.2) is 5.10 Å². The second-order valence-electron chi connectivity index (χ2n) is 5.77. The van der Waals surface area contributed by atoms with Crippen molar-refractivity contribution in [1.29, 1.82) is 0 Å². The predicted molar refractivity (Wildman–Crippen MR) is 90.7 cm³/mol. The molecular weight excluding hydrogens is 284 g/mol. The van der Waals surface area contributed by atoms with Crippen LogP contribution in [0.5, 0.6) is 0 Å². The van der Waals surface area contributed by atoms with Gasteiger partial charge in [0.25, 0.3) is 0 Å². The number of morpholine rings is 1. The standard InChI is InChI=1S/C15H28N4OS/c21-15(16-8-9-19-10-12-20-13-11-19)18-17-14-6-4-2-1-3-5-7-14/h1-13H2,(H2,16,18,21). The van der Waals surface area contributed by atoms with E-state index in [4.69, 9.17) is 17.0 Å². The molecule has 1 heterocycles. The lowest BCUT2D eigenvalue weighted by molar-refractivity contribution is 0.0389. The first-order chi connectivity index (χ1) is 10.3. The first-order valence-electron chi connectivity index (χ1n) is 8.24. The molecule has 0 spiro atoms. The SMILES string of the molecule is S=C(NCCN1CCOCC1)NN=C1CCCCCCC1. The smallest absolute Gasteiger partial charge is 0.186 e. The van der Waals surface area contributed by atoms with Crippen LogP contribution in [-0.2, 0) is 4.74 Å². The Morgan fingerprint density at radius 1 is 1.10 bits per heavy atom. The van der Waals surface area contributed by atoms with Crippen LogP contribution in [0.25, 0.3) is 0 Å². The lowest BCUT2D eigenvalue weighted by Gasteiger charge is -2.26. The Kier molecular flexibility index (Phi) is 7.99. The lowest BCUT2D eigenvalue weighted by atomic mass is 9.99. The zero-order valence-electron chi connectivity index (χ0n) is 12.9. The molecule has 2 aliphatic rings. The van der Waals surface area contributed by atoms with Crippen molar-refractivity contribution in [3.8, 4) is 0 Å². The fraction of sp³-hybridized carbons (Fsp3) is 0.867. The first kappa shape index (κ1) is 16.6. The summed E-state index contributed by atoms with van der Waals surface area (Å²) in [5.41, 5.74) is 4.27. The molecule has 1 aliphatic heterocycles. The summed E-state index contributed by atoms with van der Waals surface area (Å²) in [6.45, 7) is 5.58. The van der Waals surface area contributed by atoms with Gasteiger partial charge in [0, 0.05) is 31.9 Å². The fourth-order valence-electron chi connectivity index (χ4n) is 2.75. The van der Waals surface area contributed by atoms with Crippen LogP contribution in [0.1, 0.15) is 44.9 Å². The third kappa shape index (κ3) is 7.20. The maximum Gasteiger partial charge on any atom is 0.186 e. The quantitative estimate of drug-likeness (QED) is 0.613. The number of thiocarbonyl (C=S) groups is 1. The van der Waals surface area contributed by atoms with Crippen molar-refractivity contribution >= 4 is 23.0 Å². The van der Waals surface area contributed by atoms with Crippen LogP contribution in [0.2, 0.25) is 0 Å². The molecule has 0 atom stereocenters. The summed E-state index contributed by atoms with van der Waals surface area (Å²) in [5, 5.41) is 8.34. The minimum absolute atomic E-state index is 0.637. The molecule has 0 unspecified atom stereocenters. The van der Waals surface area contributed by atoms with Crippen molar-refractivity contribution in [1.82, 2.24) is 15.6 Å². The van der Waals surface area contributed by atoms with Crippen molar-refractivity contribution in [3.63, 3.8) is 0 Å². The number of rotatable bonds is 4. The van der Waals surface area contributed by atoms with Gasteiger partial charge in [0.15, 0.2) is 5.11 Å². The molecule has 0 bridgehead atoms. The van der Waals surface area contributed by atoms with E-state index in [9.17, 15) is 0 Å². The highest BCUT2D eigenvalue weighted by molar-refractivity contribution is 7.80. The maximum absolute atomic E-state index is 5.33. The van der Waals surface area contributed by atoms with Crippen molar-refractivity contribution in [2.45, 2.75) is 44.9 Å². The Bertz CT molecular complexity index is 333. The Morgan fingerprint density at radius 3 is 2.48 bits per heavy atom. The largest absolute Gasteiger partial charge is 0.379 e. The monoisotopic (exact) mass is 312 g/mol. The van der Waals surface area contributed by atoms with E-state index in [-0.39, 0.29) is 0 Å². The zero-order valence-corrected chi connectivity index (χ0v) is 13.7. The number of nitrogens with zero attached hydrogens (tertiary/aromatic N) is 2. The van der Waals surface area contributed by atoms with Gasteiger partial charge < -0.3 is 10.1 Å². The fourth-order valence-corrected chi connectivity index (χ4v) is 2.89. The highest BCUT2D eigenvalue weighted by Gasteiger charge is 2.09. The molecule has 120 valence electrons. The van der Waals surface area contributed by atoms with Gasteiger partial charge in [-0.1, -0.05) is 19.3 Å². The van der Waals surface area contributed by atoms with Gasteiger partial charge in [-0.15, -0.1) is 0 Å². The van der Waals surface area contributed by atoms with Crippen LogP contribution in [0.3, 0.4) is 0 Å². The molecule has 6 heteroatoms. The van der Waals surface area contributed by atoms with Crippen molar-refractivity contribution in [3.05, 3.63) is 0 Å². The van der Waals surface area contributed by atoms with Gasteiger partial charge in [-0.2, -0.15) is 5.10 Å². The molecule has 21 heavy (non-hydrogen) atoms. The molecule has 2 rings (SSSR count). The van der Waals surface area contributed by atoms with Gasteiger partial charge in [-0.05, 0) is 37.9 Å². The summed E-state index contributed by atoms with van der Waals surface area (Å²) in [4.78, 5) is 2.39. The van der Waals surface area contributed by atoms with Crippen LogP contribution >= 0.6 is 12.2 Å². The van der Waals surface area contributed by atoms with E-state index < -0.39 is 0 Å². The average Bonchev–Trinajstić information content (AvgIpc) is 2.47. The van der Waals surface area contributed by atoms with Gasteiger partial charge in [0.2, 0.25) is 0 Å². The predicted octanol–water partition coefficient (Wildman–Crippen LogP) is 1.88. The molecule has 2 N–H and O–H groups in total. The summed E-state index contributed by atoms with van der Waals surface area (Å²) in [6.07, 6.45) is 8.80. The maximum atomic E-state index is 5.33. The third-order valence-electron chi connectivity index (χ3n) is 4.06. The molecule has 1 aliphatic carbocycles. The van der Waals surface area contributed by atoms with Crippen LogP contribution in [0.4, 0.5) is 0 Å². The molecule has 1 saturated heterocycles.